The average molecular weight is 230 g/mol. The average Bonchev–Trinajstić information content (AvgIpc) is 2.31. The molecule has 0 atom stereocenters. The van der Waals surface area contributed by atoms with Crippen molar-refractivity contribution in [2.45, 2.75) is 0 Å². The molecule has 0 saturated carbocycles. The van der Waals surface area contributed by atoms with Gasteiger partial charge in [0.25, 0.3) is 0 Å². The van der Waals surface area contributed by atoms with Crippen molar-refractivity contribution in [1.29, 1.82) is 15.8 Å². The second-order valence-electron chi connectivity index (χ2n) is 2.60. The topological polar surface area (TPSA) is 95.8 Å². The van der Waals surface area contributed by atoms with Crippen molar-refractivity contribution in [1.82, 2.24) is 0 Å². The minimum Gasteiger partial charge on any atom is -0.275 e. The van der Waals surface area contributed by atoms with Crippen molar-refractivity contribution < 1.29 is 0 Å². The summed E-state index contributed by atoms with van der Waals surface area (Å²) >= 11 is 5.69. The highest BCUT2D eigenvalue weighted by Crippen LogP contribution is 2.19. The lowest BCUT2D eigenvalue weighted by molar-refractivity contribution is 1.32. The lowest BCUT2D eigenvalue weighted by Crippen LogP contribution is -1.98. The molecular formula is C10H4ClN5. The Kier molecular flexibility index (Phi) is 3.86. The van der Waals surface area contributed by atoms with E-state index in [9.17, 15) is 0 Å². The maximum atomic E-state index is 8.80. The lowest BCUT2D eigenvalue weighted by Gasteiger charge is -2.02. The lowest BCUT2D eigenvalue weighted by atomic mass is 10.2. The molecule has 0 saturated heterocycles. The van der Waals surface area contributed by atoms with Gasteiger partial charge in [-0.25, -0.2) is 0 Å². The monoisotopic (exact) mass is 229 g/mol. The van der Waals surface area contributed by atoms with Gasteiger partial charge < -0.3 is 0 Å². The van der Waals surface area contributed by atoms with Crippen LogP contribution in [0.1, 0.15) is 5.56 Å². The van der Waals surface area contributed by atoms with Gasteiger partial charge in [-0.15, -0.1) is 0 Å². The summed E-state index contributed by atoms with van der Waals surface area (Å²) in [5, 5.41) is 29.6. The van der Waals surface area contributed by atoms with Crippen LogP contribution in [0.25, 0.3) is 0 Å². The van der Waals surface area contributed by atoms with Gasteiger partial charge in [0.05, 0.1) is 11.3 Å². The first-order chi connectivity index (χ1) is 7.71. The molecule has 1 N–H and O–H groups in total. The molecule has 1 rings (SSSR count). The molecular weight excluding hydrogens is 226 g/mol. The van der Waals surface area contributed by atoms with Gasteiger partial charge in [-0.05, 0) is 18.2 Å². The molecule has 0 heterocycles. The highest BCUT2D eigenvalue weighted by atomic mass is 35.5. The van der Waals surface area contributed by atoms with Gasteiger partial charge >= 0.3 is 0 Å². The molecule has 0 amide bonds. The van der Waals surface area contributed by atoms with Crippen LogP contribution >= 0.6 is 11.6 Å². The molecule has 0 unspecified atom stereocenters. The van der Waals surface area contributed by atoms with E-state index < -0.39 is 0 Å². The summed E-state index contributed by atoms with van der Waals surface area (Å²) < 4.78 is 0. The second kappa shape index (κ2) is 5.36. The Labute approximate surface area is 96.8 Å². The third-order valence-electron chi connectivity index (χ3n) is 1.60. The highest BCUT2D eigenvalue weighted by molar-refractivity contribution is 6.30. The van der Waals surface area contributed by atoms with Crippen LogP contribution in [0.4, 0.5) is 5.69 Å². The van der Waals surface area contributed by atoms with Gasteiger partial charge in [-0.1, -0.05) is 11.6 Å². The molecule has 0 radical (unpaired) electrons. The Morgan fingerprint density at radius 3 is 2.50 bits per heavy atom. The molecule has 16 heavy (non-hydrogen) atoms. The number of benzene rings is 1. The largest absolute Gasteiger partial charge is 0.275 e. The smallest absolute Gasteiger partial charge is 0.237 e. The van der Waals surface area contributed by atoms with Gasteiger partial charge in [-0.3, -0.25) is 5.43 Å². The normalized spacial score (nSPS) is 8.12. The molecule has 0 aromatic heterocycles. The van der Waals surface area contributed by atoms with E-state index >= 15 is 0 Å². The van der Waals surface area contributed by atoms with Crippen LogP contribution in [-0.2, 0) is 0 Å². The zero-order valence-electron chi connectivity index (χ0n) is 7.90. The summed E-state index contributed by atoms with van der Waals surface area (Å²) in [4.78, 5) is 0. The number of nitriles is 3. The van der Waals surface area contributed by atoms with Gasteiger partial charge in [0.2, 0.25) is 5.71 Å². The molecule has 5 nitrogen and oxygen atoms in total. The molecule has 0 fully saturated rings. The van der Waals surface area contributed by atoms with Gasteiger partial charge in [0.1, 0.15) is 18.2 Å². The van der Waals surface area contributed by atoms with E-state index in [1.54, 1.807) is 18.2 Å². The number of hydrogen-bond donors (Lipinski definition) is 1. The zero-order valence-corrected chi connectivity index (χ0v) is 8.65. The number of hydrogen-bond acceptors (Lipinski definition) is 5. The van der Waals surface area contributed by atoms with Crippen LogP contribution in [0.15, 0.2) is 23.3 Å². The number of halogens is 1. The number of nitrogens with one attached hydrogen (secondary N) is 1. The maximum Gasteiger partial charge on any atom is 0.237 e. The Morgan fingerprint density at radius 2 is 1.94 bits per heavy atom. The zero-order chi connectivity index (χ0) is 12.0. The molecule has 1 aromatic rings. The van der Waals surface area contributed by atoms with Gasteiger partial charge in [-0.2, -0.15) is 20.9 Å². The van der Waals surface area contributed by atoms with Gasteiger partial charge in [0.15, 0.2) is 0 Å². The number of anilines is 1. The SMILES string of the molecule is N#CC(C#N)=NNc1ccc(Cl)cc1C#N. The molecule has 76 valence electrons. The van der Waals surface area contributed by atoms with Crippen LogP contribution in [0, 0.1) is 34.0 Å². The van der Waals surface area contributed by atoms with E-state index in [4.69, 9.17) is 27.4 Å². The quantitative estimate of drug-likeness (QED) is 0.620. The van der Waals surface area contributed by atoms with E-state index in [0.717, 1.165) is 0 Å². The molecule has 0 spiro atoms. The van der Waals surface area contributed by atoms with E-state index in [2.05, 4.69) is 10.5 Å². The summed E-state index contributed by atoms with van der Waals surface area (Å²) in [6, 6.07) is 9.65. The highest BCUT2D eigenvalue weighted by Gasteiger charge is 2.02. The first-order valence-electron chi connectivity index (χ1n) is 4.05. The van der Waals surface area contributed by atoms with Crippen molar-refractivity contribution in [3.63, 3.8) is 0 Å². The first kappa shape index (κ1) is 11.5. The van der Waals surface area contributed by atoms with Crippen LogP contribution < -0.4 is 5.43 Å². The van der Waals surface area contributed by atoms with E-state index in [0.29, 0.717) is 10.7 Å². The Morgan fingerprint density at radius 1 is 1.25 bits per heavy atom. The van der Waals surface area contributed by atoms with Crippen molar-refractivity contribution in [3.05, 3.63) is 28.8 Å². The summed E-state index contributed by atoms with van der Waals surface area (Å²) in [7, 11) is 0. The van der Waals surface area contributed by atoms with Crippen molar-refractivity contribution >= 4 is 23.0 Å². The first-order valence-corrected chi connectivity index (χ1v) is 4.42. The minimum atomic E-state index is -0.321. The number of hydrazone groups is 1. The fourth-order valence-electron chi connectivity index (χ4n) is 0.898. The van der Waals surface area contributed by atoms with E-state index in [1.807, 2.05) is 6.07 Å². The molecule has 6 heteroatoms. The molecule has 0 aliphatic rings. The van der Waals surface area contributed by atoms with Crippen molar-refractivity contribution in [2.75, 3.05) is 5.43 Å². The summed E-state index contributed by atoms with van der Waals surface area (Å²) in [6.45, 7) is 0. The molecule has 1 aromatic carbocycles. The van der Waals surface area contributed by atoms with Crippen LogP contribution in [-0.4, -0.2) is 5.71 Å². The van der Waals surface area contributed by atoms with Crippen LogP contribution in [0.5, 0.6) is 0 Å². The fourth-order valence-corrected chi connectivity index (χ4v) is 1.07. The minimum absolute atomic E-state index is 0.284. The summed E-state index contributed by atoms with van der Waals surface area (Å²) in [5.41, 5.74) is 2.80. The maximum absolute atomic E-state index is 8.80. The third kappa shape index (κ3) is 2.72. The molecule has 0 aliphatic carbocycles. The predicted molar refractivity (Wildman–Crippen MR) is 58.5 cm³/mol. The number of rotatable bonds is 2. The van der Waals surface area contributed by atoms with Crippen molar-refractivity contribution in [2.24, 2.45) is 5.10 Å². The van der Waals surface area contributed by atoms with E-state index in [-0.39, 0.29) is 11.3 Å². The van der Waals surface area contributed by atoms with Crippen LogP contribution in [0.2, 0.25) is 5.02 Å². The van der Waals surface area contributed by atoms with E-state index in [1.165, 1.54) is 12.1 Å². The molecule has 0 bridgehead atoms. The second-order valence-corrected chi connectivity index (χ2v) is 3.03. The predicted octanol–water partition coefficient (Wildman–Crippen LogP) is 2.03. The Bertz CT molecular complexity index is 540. The summed E-state index contributed by atoms with van der Waals surface area (Å²) in [5.74, 6) is 0. The summed E-state index contributed by atoms with van der Waals surface area (Å²) in [6.07, 6.45) is 0. The Balaban J connectivity index is 3.01. The fraction of sp³-hybridized carbons (Fsp3) is 0. The van der Waals surface area contributed by atoms with Crippen molar-refractivity contribution in [3.8, 4) is 18.2 Å². The number of nitrogens with zero attached hydrogens (tertiary/aromatic N) is 4. The molecule has 0 aliphatic heterocycles. The third-order valence-corrected chi connectivity index (χ3v) is 1.84. The van der Waals surface area contributed by atoms with Crippen LogP contribution in [0.3, 0.4) is 0 Å². The Hall–Kier alpha value is -2.55. The van der Waals surface area contributed by atoms with Gasteiger partial charge in [0, 0.05) is 5.02 Å². The standard InChI is InChI=1S/C10H4ClN5/c11-8-1-2-10(7(3-8)4-12)16-15-9(5-13)6-14/h1-3,16H.